The highest BCUT2D eigenvalue weighted by molar-refractivity contribution is 5.55. The van der Waals surface area contributed by atoms with Gasteiger partial charge in [-0.3, -0.25) is 4.79 Å². The SMILES string of the molecule is CCc1c(C)[nH]c(=O)c(N(C)C)c1CNC(C)c1ccccc1. The monoisotopic (exact) mass is 313 g/mol. The molecule has 0 bridgehead atoms. The van der Waals surface area contributed by atoms with Gasteiger partial charge in [-0.1, -0.05) is 37.3 Å². The Morgan fingerprint density at radius 3 is 2.39 bits per heavy atom. The van der Waals surface area contributed by atoms with Crippen LogP contribution in [-0.4, -0.2) is 19.1 Å². The van der Waals surface area contributed by atoms with Crippen molar-refractivity contribution in [1.82, 2.24) is 10.3 Å². The Labute approximate surface area is 138 Å². The van der Waals surface area contributed by atoms with E-state index in [-0.39, 0.29) is 11.6 Å². The van der Waals surface area contributed by atoms with Crippen molar-refractivity contribution in [2.45, 2.75) is 39.8 Å². The quantitative estimate of drug-likeness (QED) is 0.861. The maximum Gasteiger partial charge on any atom is 0.272 e. The Morgan fingerprint density at radius 1 is 1.17 bits per heavy atom. The molecule has 0 spiro atoms. The van der Waals surface area contributed by atoms with Crippen LogP contribution in [0.15, 0.2) is 35.1 Å². The highest BCUT2D eigenvalue weighted by Gasteiger charge is 2.17. The van der Waals surface area contributed by atoms with Gasteiger partial charge in [-0.05, 0) is 37.0 Å². The standard InChI is InChI=1S/C19H27N3O/c1-6-16-14(3)21-19(23)18(22(4)5)17(16)12-20-13(2)15-10-8-7-9-11-15/h7-11,13,20H,6,12H2,1-5H3,(H,21,23). The fraction of sp³-hybridized carbons (Fsp3) is 0.421. The van der Waals surface area contributed by atoms with E-state index in [1.807, 2.05) is 44.1 Å². The molecule has 0 amide bonds. The van der Waals surface area contributed by atoms with Gasteiger partial charge in [-0.15, -0.1) is 0 Å². The van der Waals surface area contributed by atoms with Gasteiger partial charge >= 0.3 is 0 Å². The molecule has 4 heteroatoms. The molecule has 1 atom stereocenters. The maximum atomic E-state index is 12.4. The van der Waals surface area contributed by atoms with Crippen LogP contribution in [0.4, 0.5) is 5.69 Å². The van der Waals surface area contributed by atoms with Gasteiger partial charge in [0.2, 0.25) is 0 Å². The van der Waals surface area contributed by atoms with Crippen molar-refractivity contribution >= 4 is 5.69 Å². The zero-order valence-electron chi connectivity index (χ0n) is 14.7. The number of aromatic amines is 1. The molecule has 23 heavy (non-hydrogen) atoms. The molecule has 124 valence electrons. The molecule has 0 radical (unpaired) electrons. The van der Waals surface area contributed by atoms with E-state index in [0.717, 1.165) is 23.4 Å². The van der Waals surface area contributed by atoms with Gasteiger partial charge in [0.05, 0.1) is 0 Å². The van der Waals surface area contributed by atoms with Crippen LogP contribution in [0.5, 0.6) is 0 Å². The van der Waals surface area contributed by atoms with Crippen LogP contribution in [0.2, 0.25) is 0 Å². The summed E-state index contributed by atoms with van der Waals surface area (Å²) in [4.78, 5) is 17.2. The third kappa shape index (κ3) is 3.82. The van der Waals surface area contributed by atoms with Crippen LogP contribution in [0.1, 0.15) is 42.3 Å². The number of rotatable bonds is 6. The lowest BCUT2D eigenvalue weighted by atomic mass is 10.0. The van der Waals surface area contributed by atoms with Crippen molar-refractivity contribution in [3.63, 3.8) is 0 Å². The minimum Gasteiger partial charge on any atom is -0.373 e. The molecule has 2 aromatic rings. The average Bonchev–Trinajstić information content (AvgIpc) is 2.52. The van der Waals surface area contributed by atoms with Crippen LogP contribution >= 0.6 is 0 Å². The summed E-state index contributed by atoms with van der Waals surface area (Å²) in [7, 11) is 3.84. The summed E-state index contributed by atoms with van der Waals surface area (Å²) in [5.74, 6) is 0. The smallest absolute Gasteiger partial charge is 0.272 e. The van der Waals surface area contributed by atoms with E-state index >= 15 is 0 Å². The van der Waals surface area contributed by atoms with Gasteiger partial charge in [0.15, 0.2) is 0 Å². The summed E-state index contributed by atoms with van der Waals surface area (Å²) in [5.41, 5.74) is 5.27. The molecule has 2 N–H and O–H groups in total. The Balaban J connectivity index is 2.33. The zero-order chi connectivity index (χ0) is 17.0. The number of nitrogens with one attached hydrogen (secondary N) is 2. The maximum absolute atomic E-state index is 12.4. The fourth-order valence-corrected chi connectivity index (χ4v) is 3.07. The summed E-state index contributed by atoms with van der Waals surface area (Å²) in [6.45, 7) is 6.93. The molecular formula is C19H27N3O. The number of pyridine rings is 1. The average molecular weight is 313 g/mol. The molecule has 1 unspecified atom stereocenters. The first-order valence-corrected chi connectivity index (χ1v) is 8.16. The Morgan fingerprint density at radius 2 is 1.83 bits per heavy atom. The van der Waals surface area contributed by atoms with Crippen LogP contribution in [0, 0.1) is 6.92 Å². The van der Waals surface area contributed by atoms with E-state index in [0.29, 0.717) is 6.54 Å². The third-order valence-corrected chi connectivity index (χ3v) is 4.30. The highest BCUT2D eigenvalue weighted by Crippen LogP contribution is 2.22. The number of hydrogen-bond acceptors (Lipinski definition) is 3. The normalized spacial score (nSPS) is 12.2. The summed E-state index contributed by atoms with van der Waals surface area (Å²) >= 11 is 0. The number of aryl methyl sites for hydroxylation is 1. The molecule has 1 aromatic heterocycles. The van der Waals surface area contributed by atoms with Crippen molar-refractivity contribution in [3.8, 4) is 0 Å². The van der Waals surface area contributed by atoms with Crippen LogP contribution < -0.4 is 15.8 Å². The lowest BCUT2D eigenvalue weighted by Crippen LogP contribution is -2.28. The van der Waals surface area contributed by atoms with Crippen molar-refractivity contribution < 1.29 is 0 Å². The minimum absolute atomic E-state index is 0.0196. The predicted molar refractivity (Wildman–Crippen MR) is 97.2 cm³/mol. The molecule has 2 rings (SSSR count). The number of aromatic nitrogens is 1. The van der Waals surface area contributed by atoms with Crippen LogP contribution in [0.3, 0.4) is 0 Å². The molecule has 0 fully saturated rings. The van der Waals surface area contributed by atoms with Crippen molar-refractivity contribution in [2.75, 3.05) is 19.0 Å². The number of H-pyrrole nitrogens is 1. The summed E-state index contributed by atoms with van der Waals surface area (Å²) in [5, 5.41) is 3.56. The van der Waals surface area contributed by atoms with E-state index in [1.54, 1.807) is 0 Å². The number of anilines is 1. The number of nitrogens with zero attached hydrogens (tertiary/aromatic N) is 1. The molecule has 0 saturated heterocycles. The summed E-state index contributed by atoms with van der Waals surface area (Å²) in [6, 6.07) is 10.6. The first-order valence-electron chi connectivity index (χ1n) is 8.16. The molecule has 1 aromatic carbocycles. The second-order valence-electron chi connectivity index (χ2n) is 6.15. The fourth-order valence-electron chi connectivity index (χ4n) is 3.07. The Hall–Kier alpha value is -2.07. The second kappa shape index (κ2) is 7.47. The van der Waals surface area contributed by atoms with Crippen molar-refractivity contribution in [1.29, 1.82) is 0 Å². The van der Waals surface area contributed by atoms with E-state index in [1.165, 1.54) is 11.1 Å². The zero-order valence-corrected chi connectivity index (χ0v) is 14.7. The first kappa shape index (κ1) is 17.3. The van der Waals surface area contributed by atoms with E-state index < -0.39 is 0 Å². The molecule has 0 aliphatic rings. The summed E-state index contributed by atoms with van der Waals surface area (Å²) in [6.07, 6.45) is 0.903. The van der Waals surface area contributed by atoms with Gasteiger partial charge in [0.25, 0.3) is 5.56 Å². The Kier molecular flexibility index (Phi) is 5.61. The molecule has 4 nitrogen and oxygen atoms in total. The molecule has 1 heterocycles. The largest absolute Gasteiger partial charge is 0.373 e. The third-order valence-electron chi connectivity index (χ3n) is 4.30. The number of hydrogen-bond donors (Lipinski definition) is 2. The van der Waals surface area contributed by atoms with Crippen LogP contribution in [0.25, 0.3) is 0 Å². The molecule has 0 saturated carbocycles. The Bertz CT molecular complexity index is 705. The minimum atomic E-state index is -0.0196. The van der Waals surface area contributed by atoms with Gasteiger partial charge in [0, 0.05) is 32.4 Å². The highest BCUT2D eigenvalue weighted by atomic mass is 16.1. The topological polar surface area (TPSA) is 48.1 Å². The molecule has 0 aliphatic carbocycles. The van der Waals surface area contributed by atoms with Crippen molar-refractivity contribution in [2.24, 2.45) is 0 Å². The molecular weight excluding hydrogens is 286 g/mol. The van der Waals surface area contributed by atoms with Gasteiger partial charge in [-0.25, -0.2) is 0 Å². The van der Waals surface area contributed by atoms with Crippen molar-refractivity contribution in [3.05, 3.63) is 63.1 Å². The second-order valence-corrected chi connectivity index (χ2v) is 6.15. The number of benzene rings is 1. The lowest BCUT2D eigenvalue weighted by Gasteiger charge is -2.23. The summed E-state index contributed by atoms with van der Waals surface area (Å²) < 4.78 is 0. The van der Waals surface area contributed by atoms with E-state index in [9.17, 15) is 4.79 Å². The van der Waals surface area contributed by atoms with Crippen LogP contribution in [-0.2, 0) is 13.0 Å². The predicted octanol–water partition coefficient (Wildman–Crippen LogP) is 3.16. The van der Waals surface area contributed by atoms with Gasteiger partial charge in [-0.2, -0.15) is 0 Å². The van der Waals surface area contributed by atoms with E-state index in [4.69, 9.17) is 0 Å². The van der Waals surface area contributed by atoms with Gasteiger partial charge < -0.3 is 15.2 Å². The van der Waals surface area contributed by atoms with Gasteiger partial charge in [0.1, 0.15) is 5.69 Å². The van der Waals surface area contributed by atoms with E-state index in [2.05, 4.69) is 36.3 Å². The lowest BCUT2D eigenvalue weighted by molar-refractivity contribution is 0.571. The molecule has 0 aliphatic heterocycles. The first-order chi connectivity index (χ1) is 11.0.